The van der Waals surface area contributed by atoms with E-state index in [1.54, 1.807) is 7.11 Å². The third-order valence-corrected chi connectivity index (χ3v) is 2.69. The SMILES string of the molecule is CCCC(C)C(=O)OCc1ccccc1OC. The maximum absolute atomic E-state index is 11.6. The molecule has 0 N–H and O–H groups in total. The van der Waals surface area contributed by atoms with Crippen LogP contribution in [0.5, 0.6) is 5.75 Å². The highest BCUT2D eigenvalue weighted by Gasteiger charge is 2.14. The predicted octanol–water partition coefficient (Wildman–Crippen LogP) is 3.17. The number of carbonyl (C=O) groups is 1. The van der Waals surface area contributed by atoms with Gasteiger partial charge in [0, 0.05) is 5.56 Å². The molecule has 0 bridgehead atoms. The molecule has 0 aliphatic heterocycles. The summed E-state index contributed by atoms with van der Waals surface area (Å²) in [6.07, 6.45) is 1.86. The lowest BCUT2D eigenvalue weighted by molar-refractivity contribution is -0.149. The standard InChI is InChI=1S/C14H20O3/c1-4-7-11(2)14(15)17-10-12-8-5-6-9-13(12)16-3/h5-6,8-9,11H,4,7,10H2,1-3H3. The van der Waals surface area contributed by atoms with E-state index in [1.165, 1.54) is 0 Å². The molecule has 0 aliphatic rings. The average Bonchev–Trinajstić information content (AvgIpc) is 2.36. The van der Waals surface area contributed by atoms with Crippen molar-refractivity contribution in [3.8, 4) is 5.75 Å². The van der Waals surface area contributed by atoms with Gasteiger partial charge in [0.25, 0.3) is 0 Å². The lowest BCUT2D eigenvalue weighted by atomic mass is 10.1. The van der Waals surface area contributed by atoms with Crippen LogP contribution in [0.4, 0.5) is 0 Å². The molecular formula is C14H20O3. The second kappa shape index (κ2) is 6.94. The number of hydrogen-bond donors (Lipinski definition) is 0. The van der Waals surface area contributed by atoms with Crippen molar-refractivity contribution in [1.29, 1.82) is 0 Å². The monoisotopic (exact) mass is 236 g/mol. The van der Waals surface area contributed by atoms with Crippen molar-refractivity contribution >= 4 is 5.97 Å². The third-order valence-electron chi connectivity index (χ3n) is 2.69. The molecule has 94 valence electrons. The minimum absolute atomic E-state index is 0.0327. The van der Waals surface area contributed by atoms with Crippen LogP contribution in [-0.4, -0.2) is 13.1 Å². The Balaban J connectivity index is 2.52. The summed E-state index contributed by atoms with van der Waals surface area (Å²) >= 11 is 0. The first-order valence-corrected chi connectivity index (χ1v) is 5.97. The minimum Gasteiger partial charge on any atom is -0.496 e. The second-order valence-corrected chi connectivity index (χ2v) is 4.11. The van der Waals surface area contributed by atoms with Crippen molar-refractivity contribution in [2.45, 2.75) is 33.3 Å². The molecule has 0 spiro atoms. The van der Waals surface area contributed by atoms with Gasteiger partial charge >= 0.3 is 5.97 Å². The number of esters is 1. The molecule has 3 heteroatoms. The van der Waals surface area contributed by atoms with E-state index >= 15 is 0 Å². The Morgan fingerprint density at radius 1 is 1.35 bits per heavy atom. The lowest BCUT2D eigenvalue weighted by Crippen LogP contribution is -2.14. The van der Waals surface area contributed by atoms with Gasteiger partial charge < -0.3 is 9.47 Å². The van der Waals surface area contributed by atoms with E-state index in [0.717, 1.165) is 24.2 Å². The molecule has 0 amide bonds. The van der Waals surface area contributed by atoms with E-state index in [2.05, 4.69) is 6.92 Å². The molecule has 17 heavy (non-hydrogen) atoms. The molecule has 1 atom stereocenters. The van der Waals surface area contributed by atoms with Crippen LogP contribution in [0, 0.1) is 5.92 Å². The number of benzene rings is 1. The first-order valence-electron chi connectivity index (χ1n) is 5.97. The van der Waals surface area contributed by atoms with Gasteiger partial charge in [0.15, 0.2) is 0 Å². The van der Waals surface area contributed by atoms with Crippen molar-refractivity contribution < 1.29 is 14.3 Å². The Morgan fingerprint density at radius 2 is 2.06 bits per heavy atom. The predicted molar refractivity (Wildman–Crippen MR) is 66.9 cm³/mol. The summed E-state index contributed by atoms with van der Waals surface area (Å²) < 4.78 is 10.5. The zero-order chi connectivity index (χ0) is 12.7. The van der Waals surface area contributed by atoms with Gasteiger partial charge in [-0.25, -0.2) is 0 Å². The van der Waals surface area contributed by atoms with Crippen molar-refractivity contribution in [1.82, 2.24) is 0 Å². The summed E-state index contributed by atoms with van der Waals surface area (Å²) in [6.45, 7) is 4.23. The maximum Gasteiger partial charge on any atom is 0.308 e. The molecule has 1 rings (SSSR count). The number of carbonyl (C=O) groups excluding carboxylic acids is 1. The number of rotatable bonds is 6. The summed E-state index contributed by atoms with van der Waals surface area (Å²) in [5.41, 5.74) is 0.895. The lowest BCUT2D eigenvalue weighted by Gasteiger charge is -2.12. The maximum atomic E-state index is 11.6. The van der Waals surface area contributed by atoms with Crippen LogP contribution in [0.2, 0.25) is 0 Å². The molecule has 3 nitrogen and oxygen atoms in total. The molecule has 0 saturated heterocycles. The normalized spacial score (nSPS) is 11.9. The molecule has 0 fully saturated rings. The fourth-order valence-electron chi connectivity index (χ4n) is 1.66. The van der Waals surface area contributed by atoms with E-state index in [9.17, 15) is 4.79 Å². The zero-order valence-corrected chi connectivity index (χ0v) is 10.7. The van der Waals surface area contributed by atoms with Crippen molar-refractivity contribution in [3.63, 3.8) is 0 Å². The Morgan fingerprint density at radius 3 is 2.71 bits per heavy atom. The van der Waals surface area contributed by atoms with Crippen molar-refractivity contribution in [3.05, 3.63) is 29.8 Å². The minimum atomic E-state index is -0.141. The Kier molecular flexibility index (Phi) is 5.53. The fourth-order valence-corrected chi connectivity index (χ4v) is 1.66. The average molecular weight is 236 g/mol. The highest BCUT2D eigenvalue weighted by Crippen LogP contribution is 2.19. The summed E-state index contributed by atoms with van der Waals surface area (Å²) in [5, 5.41) is 0. The molecule has 1 unspecified atom stereocenters. The van der Waals surface area contributed by atoms with Crippen LogP contribution in [0.3, 0.4) is 0 Å². The van der Waals surface area contributed by atoms with Crippen LogP contribution in [0.25, 0.3) is 0 Å². The number of para-hydroxylation sites is 1. The van der Waals surface area contributed by atoms with Gasteiger partial charge in [0.05, 0.1) is 13.0 Å². The fraction of sp³-hybridized carbons (Fsp3) is 0.500. The van der Waals surface area contributed by atoms with Crippen molar-refractivity contribution in [2.24, 2.45) is 5.92 Å². The summed E-state index contributed by atoms with van der Waals surface area (Å²) in [6, 6.07) is 7.56. The van der Waals surface area contributed by atoms with E-state index in [0.29, 0.717) is 0 Å². The molecule has 1 aromatic carbocycles. The van der Waals surface area contributed by atoms with Gasteiger partial charge in [0.2, 0.25) is 0 Å². The summed E-state index contributed by atoms with van der Waals surface area (Å²) in [7, 11) is 1.61. The summed E-state index contributed by atoms with van der Waals surface area (Å²) in [4.78, 5) is 11.6. The first-order chi connectivity index (χ1) is 8.19. The first kappa shape index (κ1) is 13.6. The molecular weight excluding hydrogens is 216 g/mol. The van der Waals surface area contributed by atoms with Gasteiger partial charge in [-0.3, -0.25) is 4.79 Å². The molecule has 0 aromatic heterocycles. The van der Waals surface area contributed by atoms with E-state index in [4.69, 9.17) is 9.47 Å². The highest BCUT2D eigenvalue weighted by atomic mass is 16.5. The Bertz CT molecular complexity index is 360. The largest absolute Gasteiger partial charge is 0.496 e. The summed E-state index contributed by atoms with van der Waals surface area (Å²) in [5.74, 6) is 0.580. The van der Waals surface area contributed by atoms with Gasteiger partial charge in [-0.05, 0) is 12.5 Å². The van der Waals surface area contributed by atoms with E-state index in [-0.39, 0.29) is 18.5 Å². The smallest absolute Gasteiger partial charge is 0.308 e. The van der Waals surface area contributed by atoms with E-state index < -0.39 is 0 Å². The number of hydrogen-bond acceptors (Lipinski definition) is 3. The van der Waals surface area contributed by atoms with Crippen molar-refractivity contribution in [2.75, 3.05) is 7.11 Å². The van der Waals surface area contributed by atoms with Crippen LogP contribution in [0.15, 0.2) is 24.3 Å². The molecule has 0 aliphatic carbocycles. The van der Waals surface area contributed by atoms with Crippen LogP contribution in [0.1, 0.15) is 32.3 Å². The van der Waals surface area contributed by atoms with Crippen LogP contribution in [-0.2, 0) is 16.1 Å². The van der Waals surface area contributed by atoms with Crippen LogP contribution >= 0.6 is 0 Å². The van der Waals surface area contributed by atoms with Crippen LogP contribution < -0.4 is 4.74 Å². The second-order valence-electron chi connectivity index (χ2n) is 4.11. The third kappa shape index (κ3) is 4.10. The Hall–Kier alpha value is -1.51. The number of methoxy groups -OCH3 is 1. The zero-order valence-electron chi connectivity index (χ0n) is 10.7. The molecule has 0 saturated carbocycles. The quantitative estimate of drug-likeness (QED) is 0.712. The van der Waals surface area contributed by atoms with Gasteiger partial charge in [-0.1, -0.05) is 38.5 Å². The van der Waals surface area contributed by atoms with Gasteiger partial charge in [-0.2, -0.15) is 0 Å². The molecule has 0 radical (unpaired) electrons. The highest BCUT2D eigenvalue weighted by molar-refractivity contribution is 5.72. The topological polar surface area (TPSA) is 35.5 Å². The van der Waals surface area contributed by atoms with Gasteiger partial charge in [0.1, 0.15) is 12.4 Å². The Labute approximate surface area is 103 Å². The molecule has 1 aromatic rings. The molecule has 0 heterocycles. The number of ether oxygens (including phenoxy) is 2. The van der Waals surface area contributed by atoms with Gasteiger partial charge in [-0.15, -0.1) is 0 Å². The van der Waals surface area contributed by atoms with E-state index in [1.807, 2.05) is 31.2 Å².